The highest BCUT2D eigenvalue weighted by atomic mass is 32.1. The Kier molecular flexibility index (Phi) is 5.77. The van der Waals surface area contributed by atoms with Crippen LogP contribution in [0.2, 0.25) is 0 Å². The van der Waals surface area contributed by atoms with Crippen molar-refractivity contribution in [1.29, 1.82) is 0 Å². The van der Waals surface area contributed by atoms with Crippen LogP contribution >= 0.6 is 11.3 Å². The van der Waals surface area contributed by atoms with Crippen molar-refractivity contribution in [2.24, 2.45) is 0 Å². The monoisotopic (exact) mass is 676 g/mol. The molecule has 0 unspecified atom stereocenters. The maximum atomic E-state index is 2.68. The quantitative estimate of drug-likeness (QED) is 0.169. The molecule has 0 N–H and O–H groups in total. The van der Waals surface area contributed by atoms with Crippen LogP contribution in [0.3, 0.4) is 0 Å². The molecule has 0 aliphatic carbocycles. The highest BCUT2D eigenvalue weighted by molar-refractivity contribution is 7.17. The summed E-state index contributed by atoms with van der Waals surface area (Å²) in [4.78, 5) is 3.94. The summed E-state index contributed by atoms with van der Waals surface area (Å²) < 4.78 is 2.68. The first kappa shape index (κ1) is 28.4. The molecule has 8 aromatic carbocycles. The van der Waals surface area contributed by atoms with E-state index in [0.29, 0.717) is 0 Å². The van der Waals surface area contributed by atoms with Crippen LogP contribution in [0.5, 0.6) is 0 Å². The second kappa shape index (κ2) is 10.6. The van der Waals surface area contributed by atoms with E-state index in [9.17, 15) is 0 Å². The number of anilines is 3. The predicted molar refractivity (Wildman–Crippen MR) is 224 cm³/mol. The number of benzene rings is 8. The summed E-state index contributed by atoms with van der Waals surface area (Å²) in [5, 5.41) is 10.1. The van der Waals surface area contributed by atoms with Crippen molar-refractivity contribution in [3.05, 3.63) is 175 Å². The van der Waals surface area contributed by atoms with Crippen molar-refractivity contribution in [3.63, 3.8) is 0 Å². The summed E-state index contributed by atoms with van der Waals surface area (Å²) in [5.41, 5.74) is 15.4. The second-order valence-electron chi connectivity index (χ2n) is 14.1. The van der Waals surface area contributed by atoms with E-state index in [1.54, 1.807) is 0 Å². The molecular weight excluding hydrogens is 647 g/mol. The summed E-state index contributed by atoms with van der Waals surface area (Å²) in [5.74, 6) is 0. The van der Waals surface area contributed by atoms with E-state index in [1.807, 2.05) is 11.3 Å². The van der Waals surface area contributed by atoms with E-state index in [-0.39, 0.29) is 6.85 Å². The number of nitrogens with zero attached hydrogens (tertiary/aromatic N) is 2. The van der Waals surface area contributed by atoms with Gasteiger partial charge in [0.2, 0.25) is 0 Å². The number of aromatic nitrogens is 1. The van der Waals surface area contributed by atoms with Crippen LogP contribution in [-0.4, -0.2) is 11.3 Å². The molecule has 2 aliphatic heterocycles. The zero-order valence-electron chi connectivity index (χ0n) is 28.1. The fourth-order valence-corrected chi connectivity index (χ4v) is 10.3. The van der Waals surface area contributed by atoms with Gasteiger partial charge in [0.25, 0.3) is 0 Å². The molecule has 0 fully saturated rings. The molecule has 0 amide bonds. The number of hydrogen-bond donors (Lipinski definition) is 0. The molecule has 2 nitrogen and oxygen atoms in total. The van der Waals surface area contributed by atoms with E-state index in [2.05, 4.69) is 185 Å². The van der Waals surface area contributed by atoms with Crippen LogP contribution in [0.15, 0.2) is 175 Å². The zero-order chi connectivity index (χ0) is 33.9. The Morgan fingerprint density at radius 1 is 0.462 bits per heavy atom. The number of fused-ring (bicyclic) bond motifs is 10. The molecule has 52 heavy (non-hydrogen) atoms. The lowest BCUT2D eigenvalue weighted by molar-refractivity contribution is 1.29. The van der Waals surface area contributed by atoms with Gasteiger partial charge in [0, 0.05) is 48.4 Å². The number of thiophene rings is 1. The van der Waals surface area contributed by atoms with Gasteiger partial charge in [-0.05, 0) is 74.3 Å². The van der Waals surface area contributed by atoms with Crippen molar-refractivity contribution in [2.45, 2.75) is 0 Å². The van der Waals surface area contributed by atoms with Crippen LogP contribution in [-0.2, 0) is 0 Å². The van der Waals surface area contributed by atoms with Crippen molar-refractivity contribution in [3.8, 4) is 32.7 Å². The third-order valence-electron chi connectivity index (χ3n) is 11.4. The smallest absolute Gasteiger partial charge is 0.333 e. The van der Waals surface area contributed by atoms with Crippen LogP contribution in [0, 0.1) is 0 Å². The second-order valence-corrected chi connectivity index (χ2v) is 15.0. The largest absolute Gasteiger partial charge is 0.375 e. The van der Waals surface area contributed by atoms with Crippen LogP contribution in [0.1, 0.15) is 0 Å². The number of rotatable bonds is 3. The van der Waals surface area contributed by atoms with Gasteiger partial charge in [-0.3, -0.25) is 0 Å². The Labute approximate surface area is 305 Å². The topological polar surface area (TPSA) is 8.17 Å². The Balaban J connectivity index is 1.23. The molecule has 0 atom stereocenters. The average molecular weight is 677 g/mol. The summed E-state index contributed by atoms with van der Waals surface area (Å²) in [6.45, 7) is 0.0275. The van der Waals surface area contributed by atoms with Crippen molar-refractivity contribution < 1.29 is 0 Å². The summed E-state index contributed by atoms with van der Waals surface area (Å²) in [6.07, 6.45) is 0. The van der Waals surface area contributed by atoms with Gasteiger partial charge in [-0.25, -0.2) is 0 Å². The third kappa shape index (κ3) is 3.79. The van der Waals surface area contributed by atoms with E-state index in [1.165, 1.54) is 104 Å². The predicted octanol–water partition coefficient (Wildman–Crippen LogP) is 11.9. The third-order valence-corrected chi connectivity index (χ3v) is 12.4. The summed E-state index contributed by atoms with van der Waals surface area (Å²) in [7, 11) is 0. The van der Waals surface area contributed by atoms with Crippen LogP contribution in [0.4, 0.5) is 17.1 Å². The van der Waals surface area contributed by atoms with Gasteiger partial charge < -0.3 is 9.38 Å². The van der Waals surface area contributed by atoms with E-state index in [4.69, 9.17) is 0 Å². The Morgan fingerprint density at radius 3 is 1.94 bits per heavy atom. The fraction of sp³-hybridized carbons (Fsp3) is 0. The average Bonchev–Trinajstić information content (AvgIpc) is 3.80. The van der Waals surface area contributed by atoms with Crippen molar-refractivity contribution in [2.75, 3.05) is 4.90 Å². The highest BCUT2D eigenvalue weighted by Crippen LogP contribution is 2.51. The lowest BCUT2D eigenvalue weighted by Crippen LogP contribution is -2.55. The van der Waals surface area contributed by atoms with Gasteiger partial charge >= 0.3 is 6.85 Å². The molecule has 0 saturated carbocycles. The van der Waals surface area contributed by atoms with Gasteiger partial charge in [-0.15, -0.1) is 11.3 Å². The van der Waals surface area contributed by atoms with Crippen molar-refractivity contribution in [1.82, 2.24) is 4.48 Å². The van der Waals surface area contributed by atoms with Gasteiger partial charge in [0.05, 0.1) is 17.1 Å². The fourth-order valence-electron chi connectivity index (χ4n) is 9.17. The first-order valence-corrected chi connectivity index (χ1v) is 18.8. The van der Waals surface area contributed by atoms with Crippen molar-refractivity contribution >= 4 is 89.5 Å². The maximum absolute atomic E-state index is 2.68. The molecule has 2 aromatic heterocycles. The Morgan fingerprint density at radius 2 is 1.13 bits per heavy atom. The Bertz CT molecular complexity index is 3080. The molecule has 240 valence electrons. The molecule has 4 heteroatoms. The molecule has 0 radical (unpaired) electrons. The van der Waals surface area contributed by atoms with Crippen LogP contribution in [0.25, 0.3) is 76.0 Å². The molecular formula is C48H29BN2S. The van der Waals surface area contributed by atoms with Crippen LogP contribution < -0.4 is 15.8 Å². The molecule has 4 heterocycles. The SMILES string of the molecule is c1ccc(-c2ccc3c(c2)c2cc(-c4ccccc4)cc4c2n3B2c3ccc5ccccc5c3N(c3cccc5ccccc35)c3csc-4c32)cc1. The van der Waals surface area contributed by atoms with E-state index >= 15 is 0 Å². The first-order chi connectivity index (χ1) is 25.8. The van der Waals surface area contributed by atoms with E-state index < -0.39 is 0 Å². The minimum Gasteiger partial charge on any atom is -0.375 e. The molecule has 0 spiro atoms. The van der Waals surface area contributed by atoms with Gasteiger partial charge in [-0.1, -0.05) is 140 Å². The Hall–Kier alpha value is -6.36. The maximum Gasteiger partial charge on any atom is 0.333 e. The summed E-state index contributed by atoms with van der Waals surface area (Å²) >= 11 is 1.90. The number of hydrogen-bond acceptors (Lipinski definition) is 2. The van der Waals surface area contributed by atoms with Gasteiger partial charge in [0.15, 0.2) is 0 Å². The minimum absolute atomic E-state index is 0.0275. The molecule has 2 aliphatic rings. The normalized spacial score (nSPS) is 12.9. The molecule has 10 aromatic rings. The van der Waals surface area contributed by atoms with Gasteiger partial charge in [-0.2, -0.15) is 0 Å². The highest BCUT2D eigenvalue weighted by Gasteiger charge is 2.44. The molecule has 0 saturated heterocycles. The standard InChI is InChI=1S/C48H29BN2S/c1-3-12-30(13-4-1)34-23-25-43-38(26-34)39-27-35(31-14-5-2-6-15-31)28-40-46(39)51(43)49-41-24-22-33-17-8-10-20-37(33)47(41)50(44-29-52-48(40)45(44)49)42-21-11-18-32-16-7-9-19-36(32)42/h1-29H. The van der Waals surface area contributed by atoms with Gasteiger partial charge in [0.1, 0.15) is 0 Å². The zero-order valence-corrected chi connectivity index (χ0v) is 28.9. The summed E-state index contributed by atoms with van der Waals surface area (Å²) in [6, 6.07) is 62.9. The minimum atomic E-state index is 0.0275. The molecule has 0 bridgehead atoms. The van der Waals surface area contributed by atoms with E-state index in [0.717, 1.165) is 0 Å². The molecule has 12 rings (SSSR count). The lowest BCUT2D eigenvalue weighted by Gasteiger charge is -2.39. The lowest BCUT2D eigenvalue weighted by atomic mass is 9.46. The first-order valence-electron chi connectivity index (χ1n) is 18.0.